The monoisotopic (exact) mass is 270 g/mol. The molecule has 0 aromatic heterocycles. The highest BCUT2D eigenvalue weighted by Crippen LogP contribution is 2.13. The van der Waals surface area contributed by atoms with Gasteiger partial charge in [-0.05, 0) is 24.3 Å². The molecule has 0 aliphatic heterocycles. The maximum absolute atomic E-state index is 11.5. The summed E-state index contributed by atoms with van der Waals surface area (Å²) in [6, 6.07) is 6.79. The van der Waals surface area contributed by atoms with Crippen LogP contribution in [0.4, 0.5) is 0 Å². The molecule has 98 valence electrons. The van der Waals surface area contributed by atoms with Gasteiger partial charge in [-0.25, -0.2) is 0 Å². The van der Waals surface area contributed by atoms with Crippen molar-refractivity contribution in [1.29, 1.82) is 0 Å². The Morgan fingerprint density at radius 1 is 1.17 bits per heavy atom. The molecule has 1 aromatic carbocycles. The van der Waals surface area contributed by atoms with E-state index in [1.807, 2.05) is 0 Å². The summed E-state index contributed by atoms with van der Waals surface area (Å²) in [6.45, 7) is 1.84. The summed E-state index contributed by atoms with van der Waals surface area (Å²) in [5, 5.41) is 0. The van der Waals surface area contributed by atoms with Gasteiger partial charge in [0.15, 0.2) is 5.78 Å². The van der Waals surface area contributed by atoms with E-state index in [-0.39, 0.29) is 25.0 Å². The number of hydrogen-bond acceptors (Lipinski definition) is 4. The first-order valence-corrected chi connectivity index (χ1v) is 6.12. The number of ketones is 1. The van der Waals surface area contributed by atoms with Gasteiger partial charge in [0, 0.05) is 24.8 Å². The highest BCUT2D eigenvalue weighted by atomic mass is 35.5. The molecule has 0 saturated heterocycles. The molecule has 0 heterocycles. The van der Waals surface area contributed by atoms with Gasteiger partial charge in [0.1, 0.15) is 19.0 Å². The van der Waals surface area contributed by atoms with E-state index in [1.165, 1.54) is 6.92 Å². The lowest BCUT2D eigenvalue weighted by molar-refractivity contribution is -0.141. The molecule has 18 heavy (non-hydrogen) atoms. The van der Waals surface area contributed by atoms with Gasteiger partial charge in [0.05, 0.1) is 0 Å². The van der Waals surface area contributed by atoms with Crippen LogP contribution in [0.3, 0.4) is 0 Å². The number of rotatable bonds is 7. The van der Waals surface area contributed by atoms with Crippen molar-refractivity contribution in [3.8, 4) is 5.75 Å². The third-order valence-electron chi connectivity index (χ3n) is 2.16. The number of Topliss-reactive ketones (excluding diaryl/α,β-unsaturated/α-hetero) is 1. The molecule has 1 rings (SSSR count). The molecule has 0 aliphatic carbocycles. The standard InChI is InChI=1S/C13H15ClO4/c1-10(15)17-8-9-18-12-4-2-11(3-5-12)13(16)6-7-14/h2-5H,6-9H2,1H3. The molecule has 0 fully saturated rings. The smallest absolute Gasteiger partial charge is 0.302 e. The quantitative estimate of drug-likeness (QED) is 0.330. The van der Waals surface area contributed by atoms with E-state index in [1.54, 1.807) is 24.3 Å². The Balaban J connectivity index is 2.40. The fraction of sp³-hybridized carbons (Fsp3) is 0.385. The van der Waals surface area contributed by atoms with Gasteiger partial charge in [0.2, 0.25) is 0 Å². The second-order valence-electron chi connectivity index (χ2n) is 3.58. The van der Waals surface area contributed by atoms with Gasteiger partial charge in [0.25, 0.3) is 0 Å². The lowest BCUT2D eigenvalue weighted by Gasteiger charge is -2.06. The molecule has 0 aliphatic rings. The second-order valence-corrected chi connectivity index (χ2v) is 3.95. The topological polar surface area (TPSA) is 52.6 Å². The van der Waals surface area contributed by atoms with Crippen LogP contribution in [0.5, 0.6) is 5.75 Å². The van der Waals surface area contributed by atoms with Crippen molar-refractivity contribution >= 4 is 23.4 Å². The molecule has 5 heteroatoms. The van der Waals surface area contributed by atoms with Gasteiger partial charge in [-0.15, -0.1) is 11.6 Å². The number of alkyl halides is 1. The average Bonchev–Trinajstić information content (AvgIpc) is 2.35. The van der Waals surface area contributed by atoms with Crippen molar-refractivity contribution in [2.45, 2.75) is 13.3 Å². The van der Waals surface area contributed by atoms with E-state index >= 15 is 0 Å². The summed E-state index contributed by atoms with van der Waals surface area (Å²) in [4.78, 5) is 22.0. The predicted molar refractivity (Wildman–Crippen MR) is 68.2 cm³/mol. The maximum atomic E-state index is 11.5. The number of hydrogen-bond donors (Lipinski definition) is 0. The number of carbonyl (C=O) groups is 2. The van der Waals surface area contributed by atoms with Crippen LogP contribution in [0.25, 0.3) is 0 Å². The van der Waals surface area contributed by atoms with Crippen LogP contribution in [0.15, 0.2) is 24.3 Å². The maximum Gasteiger partial charge on any atom is 0.302 e. The molecule has 0 amide bonds. The first kappa shape index (κ1) is 14.5. The Bertz CT molecular complexity index is 400. The molecular formula is C13H15ClO4. The van der Waals surface area contributed by atoms with Crippen LogP contribution in [0.2, 0.25) is 0 Å². The van der Waals surface area contributed by atoms with Crippen molar-refractivity contribution in [2.24, 2.45) is 0 Å². The third kappa shape index (κ3) is 5.19. The van der Waals surface area contributed by atoms with Crippen LogP contribution >= 0.6 is 11.6 Å². The predicted octanol–water partition coefficient (Wildman–Crippen LogP) is 2.44. The minimum absolute atomic E-state index is 0.0106. The Hall–Kier alpha value is -1.55. The van der Waals surface area contributed by atoms with E-state index < -0.39 is 0 Å². The number of ether oxygens (including phenoxy) is 2. The van der Waals surface area contributed by atoms with Crippen LogP contribution in [-0.4, -0.2) is 30.8 Å². The van der Waals surface area contributed by atoms with Crippen LogP contribution in [0, 0.1) is 0 Å². The molecule has 0 radical (unpaired) electrons. The van der Waals surface area contributed by atoms with Gasteiger partial charge in [-0.1, -0.05) is 0 Å². The zero-order valence-corrected chi connectivity index (χ0v) is 10.9. The molecule has 0 bridgehead atoms. The van der Waals surface area contributed by atoms with Crippen molar-refractivity contribution in [3.05, 3.63) is 29.8 Å². The first-order chi connectivity index (χ1) is 8.63. The minimum Gasteiger partial charge on any atom is -0.490 e. The van der Waals surface area contributed by atoms with E-state index in [9.17, 15) is 9.59 Å². The van der Waals surface area contributed by atoms with Crippen LogP contribution < -0.4 is 4.74 Å². The third-order valence-corrected chi connectivity index (χ3v) is 2.34. The van der Waals surface area contributed by atoms with Crippen molar-refractivity contribution in [2.75, 3.05) is 19.1 Å². The molecular weight excluding hydrogens is 256 g/mol. The lowest BCUT2D eigenvalue weighted by atomic mass is 10.1. The highest BCUT2D eigenvalue weighted by Gasteiger charge is 2.04. The SMILES string of the molecule is CC(=O)OCCOc1ccc(C(=O)CCCl)cc1. The molecule has 0 saturated carbocycles. The van der Waals surface area contributed by atoms with Gasteiger partial charge in [-0.2, -0.15) is 0 Å². The first-order valence-electron chi connectivity index (χ1n) is 5.59. The summed E-state index contributed by atoms with van der Waals surface area (Å²) in [6.07, 6.45) is 0.328. The van der Waals surface area contributed by atoms with Crippen LogP contribution in [0.1, 0.15) is 23.7 Å². The zero-order chi connectivity index (χ0) is 13.4. The average molecular weight is 271 g/mol. The largest absolute Gasteiger partial charge is 0.490 e. The fourth-order valence-electron chi connectivity index (χ4n) is 1.31. The Kier molecular flexibility index (Phi) is 6.22. The molecule has 0 atom stereocenters. The number of carbonyl (C=O) groups excluding carboxylic acids is 2. The van der Waals surface area contributed by atoms with Crippen molar-refractivity contribution < 1.29 is 19.1 Å². The molecule has 1 aromatic rings. The normalized spacial score (nSPS) is 9.89. The molecule has 0 spiro atoms. The van der Waals surface area contributed by atoms with Gasteiger partial charge >= 0.3 is 5.97 Å². The zero-order valence-electron chi connectivity index (χ0n) is 10.1. The molecule has 4 nitrogen and oxygen atoms in total. The highest BCUT2D eigenvalue weighted by molar-refractivity contribution is 6.19. The fourth-order valence-corrected chi connectivity index (χ4v) is 1.48. The Labute approximate surface area is 111 Å². The summed E-state index contributed by atoms with van der Waals surface area (Å²) in [7, 11) is 0. The summed E-state index contributed by atoms with van der Waals surface area (Å²) < 4.78 is 10.1. The van der Waals surface area contributed by atoms with Crippen LogP contribution in [-0.2, 0) is 9.53 Å². The molecule has 0 N–H and O–H groups in total. The van der Waals surface area contributed by atoms with Gasteiger partial charge < -0.3 is 9.47 Å². The summed E-state index contributed by atoms with van der Waals surface area (Å²) in [5.41, 5.74) is 0.614. The van der Waals surface area contributed by atoms with E-state index in [0.717, 1.165) is 0 Å². The van der Waals surface area contributed by atoms with Gasteiger partial charge in [-0.3, -0.25) is 9.59 Å². The summed E-state index contributed by atoms with van der Waals surface area (Å²) >= 11 is 5.50. The Morgan fingerprint density at radius 3 is 2.39 bits per heavy atom. The van der Waals surface area contributed by atoms with E-state index in [0.29, 0.717) is 23.6 Å². The summed E-state index contributed by atoms with van der Waals surface area (Å²) in [5.74, 6) is 0.626. The van der Waals surface area contributed by atoms with E-state index in [2.05, 4.69) is 0 Å². The molecule has 0 unspecified atom stereocenters. The van der Waals surface area contributed by atoms with Crippen molar-refractivity contribution in [1.82, 2.24) is 0 Å². The minimum atomic E-state index is -0.333. The second kappa shape index (κ2) is 7.71. The van der Waals surface area contributed by atoms with Crippen molar-refractivity contribution in [3.63, 3.8) is 0 Å². The lowest BCUT2D eigenvalue weighted by Crippen LogP contribution is -2.09. The number of halogens is 1. The van der Waals surface area contributed by atoms with E-state index in [4.69, 9.17) is 21.1 Å². The number of benzene rings is 1. The Morgan fingerprint density at radius 2 is 1.83 bits per heavy atom. The number of esters is 1.